The highest BCUT2D eigenvalue weighted by Crippen LogP contribution is 2.23. The van der Waals surface area contributed by atoms with E-state index in [9.17, 15) is 4.79 Å². The van der Waals surface area contributed by atoms with Gasteiger partial charge in [-0.1, -0.05) is 18.2 Å². The molecule has 2 N–H and O–H groups in total. The third-order valence-electron chi connectivity index (χ3n) is 3.50. The molecular weight excluding hydrogens is 310 g/mol. The lowest BCUT2D eigenvalue weighted by molar-refractivity contribution is 0.0951. The molecule has 0 saturated carbocycles. The van der Waals surface area contributed by atoms with E-state index in [0.717, 1.165) is 21.9 Å². The van der Waals surface area contributed by atoms with Crippen molar-refractivity contribution in [2.45, 2.75) is 13.5 Å². The van der Waals surface area contributed by atoms with Gasteiger partial charge in [-0.15, -0.1) is 0 Å². The van der Waals surface area contributed by atoms with E-state index in [0.29, 0.717) is 12.1 Å². The molecular formula is C16H17N5OS. The number of carbonyl (C=O) groups excluding carboxylic acids is 1. The summed E-state index contributed by atoms with van der Waals surface area (Å²) in [4.78, 5) is 12.5. The van der Waals surface area contributed by atoms with Crippen LogP contribution in [0, 0.1) is 6.92 Å². The maximum atomic E-state index is 12.5. The van der Waals surface area contributed by atoms with E-state index in [-0.39, 0.29) is 5.91 Å². The molecule has 3 rings (SSSR count). The molecule has 6 nitrogen and oxygen atoms in total. The molecule has 0 radical (unpaired) electrons. The maximum absolute atomic E-state index is 12.5. The molecule has 0 fully saturated rings. The van der Waals surface area contributed by atoms with Gasteiger partial charge in [-0.05, 0) is 36.2 Å². The lowest BCUT2D eigenvalue weighted by Crippen LogP contribution is -2.24. The molecule has 2 aromatic heterocycles. The zero-order valence-corrected chi connectivity index (χ0v) is 13.7. The zero-order valence-electron chi connectivity index (χ0n) is 12.9. The number of carbonyl (C=O) groups is 1. The Morgan fingerprint density at radius 3 is 2.87 bits per heavy atom. The van der Waals surface area contributed by atoms with Gasteiger partial charge in [0.2, 0.25) is 0 Å². The van der Waals surface area contributed by atoms with Crippen molar-refractivity contribution in [3.05, 3.63) is 59.5 Å². The van der Waals surface area contributed by atoms with Crippen LogP contribution in [0.15, 0.2) is 42.7 Å². The SMILES string of the molecule is CNc1snc(C)c1C(=O)NCc1ccccc1-n1cccn1. The first-order chi connectivity index (χ1) is 11.2. The molecule has 1 amide bonds. The first-order valence-electron chi connectivity index (χ1n) is 7.21. The van der Waals surface area contributed by atoms with Crippen molar-refractivity contribution >= 4 is 22.4 Å². The minimum Gasteiger partial charge on any atom is -0.378 e. The summed E-state index contributed by atoms with van der Waals surface area (Å²) in [7, 11) is 1.79. The number of anilines is 1. The Kier molecular flexibility index (Phi) is 4.38. The predicted molar refractivity (Wildman–Crippen MR) is 91.1 cm³/mol. The van der Waals surface area contributed by atoms with Crippen LogP contribution in [-0.2, 0) is 6.54 Å². The Hall–Kier alpha value is -2.67. The van der Waals surface area contributed by atoms with Gasteiger partial charge in [-0.2, -0.15) is 9.47 Å². The second-order valence-corrected chi connectivity index (χ2v) is 5.76. The van der Waals surface area contributed by atoms with E-state index in [1.807, 2.05) is 43.5 Å². The number of hydrogen-bond donors (Lipinski definition) is 2. The summed E-state index contributed by atoms with van der Waals surface area (Å²) in [5.74, 6) is -0.129. The summed E-state index contributed by atoms with van der Waals surface area (Å²) in [6.07, 6.45) is 3.61. The van der Waals surface area contributed by atoms with Crippen LogP contribution >= 0.6 is 11.5 Å². The van der Waals surface area contributed by atoms with Gasteiger partial charge in [-0.25, -0.2) is 4.68 Å². The van der Waals surface area contributed by atoms with Crippen LogP contribution in [0.1, 0.15) is 21.6 Å². The van der Waals surface area contributed by atoms with E-state index in [2.05, 4.69) is 20.1 Å². The second-order valence-electron chi connectivity index (χ2n) is 4.98. The van der Waals surface area contributed by atoms with Crippen LogP contribution in [0.3, 0.4) is 0 Å². The monoisotopic (exact) mass is 327 g/mol. The fraction of sp³-hybridized carbons (Fsp3) is 0.188. The number of nitrogens with one attached hydrogen (secondary N) is 2. The number of hydrogen-bond acceptors (Lipinski definition) is 5. The Balaban J connectivity index is 1.79. The molecule has 0 saturated heterocycles. The van der Waals surface area contributed by atoms with Gasteiger partial charge in [0.15, 0.2) is 0 Å². The first-order valence-corrected chi connectivity index (χ1v) is 7.98. The lowest BCUT2D eigenvalue weighted by Gasteiger charge is -2.11. The molecule has 2 heterocycles. The molecule has 0 atom stereocenters. The van der Waals surface area contributed by atoms with Gasteiger partial charge in [0.25, 0.3) is 5.91 Å². The van der Waals surface area contributed by atoms with Crippen molar-refractivity contribution in [3.63, 3.8) is 0 Å². The number of aryl methyl sites for hydroxylation is 1. The summed E-state index contributed by atoms with van der Waals surface area (Å²) in [6, 6.07) is 9.73. The molecule has 118 valence electrons. The van der Waals surface area contributed by atoms with Crippen LogP contribution in [-0.4, -0.2) is 27.1 Å². The third kappa shape index (κ3) is 3.09. The number of benzene rings is 1. The highest BCUT2D eigenvalue weighted by atomic mass is 32.1. The Bertz CT molecular complexity index is 810. The van der Waals surface area contributed by atoms with Gasteiger partial charge >= 0.3 is 0 Å². The van der Waals surface area contributed by atoms with Gasteiger partial charge in [0, 0.05) is 26.0 Å². The average Bonchev–Trinajstić information content (AvgIpc) is 3.22. The number of amides is 1. The molecule has 1 aromatic carbocycles. The highest BCUT2D eigenvalue weighted by Gasteiger charge is 2.17. The Morgan fingerprint density at radius 1 is 1.30 bits per heavy atom. The molecule has 0 unspecified atom stereocenters. The minimum atomic E-state index is -0.129. The summed E-state index contributed by atoms with van der Waals surface area (Å²) in [5, 5.41) is 11.0. The second kappa shape index (κ2) is 6.62. The molecule has 0 bridgehead atoms. The fourth-order valence-corrected chi connectivity index (χ4v) is 3.11. The van der Waals surface area contributed by atoms with Crippen LogP contribution in [0.25, 0.3) is 5.69 Å². The quantitative estimate of drug-likeness (QED) is 0.755. The smallest absolute Gasteiger partial charge is 0.256 e. The molecule has 0 aliphatic carbocycles. The van der Waals surface area contributed by atoms with Gasteiger partial charge in [0.1, 0.15) is 5.00 Å². The van der Waals surface area contributed by atoms with Crippen molar-refractivity contribution in [1.82, 2.24) is 19.5 Å². The van der Waals surface area contributed by atoms with E-state index in [1.165, 1.54) is 11.5 Å². The van der Waals surface area contributed by atoms with E-state index in [4.69, 9.17) is 0 Å². The van der Waals surface area contributed by atoms with Crippen molar-refractivity contribution < 1.29 is 4.79 Å². The van der Waals surface area contributed by atoms with Gasteiger partial charge in [0.05, 0.1) is 16.9 Å². The summed E-state index contributed by atoms with van der Waals surface area (Å²) in [6.45, 7) is 2.26. The average molecular weight is 327 g/mol. The standard InChI is InChI=1S/C16H17N5OS/c1-11-14(16(17-2)23-20-11)15(22)18-10-12-6-3-4-7-13(12)21-9-5-8-19-21/h3-9,17H,10H2,1-2H3,(H,18,22). The Morgan fingerprint density at radius 2 is 2.13 bits per heavy atom. The number of para-hydroxylation sites is 1. The van der Waals surface area contributed by atoms with Crippen molar-refractivity contribution in [2.75, 3.05) is 12.4 Å². The van der Waals surface area contributed by atoms with E-state index >= 15 is 0 Å². The van der Waals surface area contributed by atoms with Crippen molar-refractivity contribution in [1.29, 1.82) is 0 Å². The van der Waals surface area contributed by atoms with Crippen LogP contribution in [0.2, 0.25) is 0 Å². The number of rotatable bonds is 5. The Labute approximate surface area is 138 Å². The van der Waals surface area contributed by atoms with E-state index < -0.39 is 0 Å². The van der Waals surface area contributed by atoms with Crippen molar-refractivity contribution in [3.8, 4) is 5.69 Å². The largest absolute Gasteiger partial charge is 0.378 e. The molecule has 0 aliphatic heterocycles. The molecule has 23 heavy (non-hydrogen) atoms. The normalized spacial score (nSPS) is 10.5. The first kappa shape index (κ1) is 15.2. The number of aromatic nitrogens is 3. The van der Waals surface area contributed by atoms with Gasteiger partial charge < -0.3 is 10.6 Å². The van der Waals surface area contributed by atoms with Crippen LogP contribution in [0.4, 0.5) is 5.00 Å². The third-order valence-corrected chi connectivity index (χ3v) is 4.46. The molecule has 3 aromatic rings. The summed E-state index contributed by atoms with van der Waals surface area (Å²) in [5.41, 5.74) is 3.29. The van der Waals surface area contributed by atoms with Gasteiger partial charge in [-0.3, -0.25) is 4.79 Å². The van der Waals surface area contributed by atoms with Crippen molar-refractivity contribution in [2.24, 2.45) is 0 Å². The highest BCUT2D eigenvalue weighted by molar-refractivity contribution is 7.10. The summed E-state index contributed by atoms with van der Waals surface area (Å²) >= 11 is 1.29. The minimum absolute atomic E-state index is 0.129. The molecule has 0 spiro atoms. The molecule has 0 aliphatic rings. The fourth-order valence-electron chi connectivity index (χ4n) is 2.37. The number of nitrogens with zero attached hydrogens (tertiary/aromatic N) is 3. The maximum Gasteiger partial charge on any atom is 0.256 e. The topological polar surface area (TPSA) is 71.8 Å². The predicted octanol–water partition coefficient (Wildman–Crippen LogP) is 2.61. The summed E-state index contributed by atoms with van der Waals surface area (Å²) < 4.78 is 6.02. The van der Waals surface area contributed by atoms with Crippen LogP contribution < -0.4 is 10.6 Å². The molecule has 7 heteroatoms. The van der Waals surface area contributed by atoms with Crippen LogP contribution in [0.5, 0.6) is 0 Å². The lowest BCUT2D eigenvalue weighted by atomic mass is 10.1. The zero-order chi connectivity index (χ0) is 16.2. The van der Waals surface area contributed by atoms with E-state index in [1.54, 1.807) is 17.9 Å².